The molecule has 2 aromatic rings. The van der Waals surface area contributed by atoms with Gasteiger partial charge in [0.1, 0.15) is 9.77 Å². The number of carbonyl (C=O) groups excluding carboxylic acids is 2. The van der Waals surface area contributed by atoms with Gasteiger partial charge in [0.15, 0.2) is 0 Å². The summed E-state index contributed by atoms with van der Waals surface area (Å²) in [4.78, 5) is 26.4. The van der Waals surface area contributed by atoms with Crippen molar-refractivity contribution in [1.82, 2.24) is 0 Å². The van der Waals surface area contributed by atoms with E-state index in [1.807, 2.05) is 6.07 Å². The molecule has 1 saturated carbocycles. The molecule has 1 N–H and O–H groups in total. The average Bonchev–Trinajstić information content (AvgIpc) is 3.46. The number of carbonyl (C=O) groups is 2. The highest BCUT2D eigenvalue weighted by atomic mass is 32.2. The number of rotatable bonds is 5. The van der Waals surface area contributed by atoms with Crippen molar-refractivity contribution in [2.75, 3.05) is 23.3 Å². The predicted octanol–water partition coefficient (Wildman–Crippen LogP) is 3.41. The van der Waals surface area contributed by atoms with Crippen molar-refractivity contribution in [3.63, 3.8) is 0 Å². The van der Waals surface area contributed by atoms with Crippen LogP contribution < -0.4 is 9.62 Å². The van der Waals surface area contributed by atoms with Gasteiger partial charge in [-0.25, -0.2) is 13.2 Å². The fraction of sp³-hybridized carbons (Fsp3) is 0.400. The first-order chi connectivity index (χ1) is 13.9. The maximum Gasteiger partial charge on any atom is 0.349 e. The third-order valence-corrected chi connectivity index (χ3v) is 7.94. The van der Waals surface area contributed by atoms with E-state index in [4.69, 9.17) is 0 Å². The van der Waals surface area contributed by atoms with Crippen molar-refractivity contribution in [2.45, 2.75) is 37.0 Å². The highest BCUT2D eigenvalue weighted by Crippen LogP contribution is 2.36. The number of sulfonamides is 1. The number of thiophene rings is 1. The Morgan fingerprint density at radius 2 is 1.97 bits per heavy atom. The summed E-state index contributed by atoms with van der Waals surface area (Å²) in [5.74, 6) is -0.496. The molecule has 0 bridgehead atoms. The van der Waals surface area contributed by atoms with Crippen LogP contribution in [0.4, 0.5) is 11.4 Å². The van der Waals surface area contributed by atoms with E-state index in [-0.39, 0.29) is 21.6 Å². The second-order valence-corrected chi connectivity index (χ2v) is 9.84. The number of hydrogen-bond donors (Lipinski definition) is 1. The number of fused-ring (bicyclic) bond motifs is 1. The van der Waals surface area contributed by atoms with Crippen LogP contribution in [0.5, 0.6) is 0 Å². The average molecular weight is 435 g/mol. The van der Waals surface area contributed by atoms with Gasteiger partial charge >= 0.3 is 5.97 Å². The van der Waals surface area contributed by atoms with Gasteiger partial charge in [-0.2, -0.15) is 0 Å². The maximum absolute atomic E-state index is 12.9. The van der Waals surface area contributed by atoms with E-state index in [1.165, 1.54) is 18.6 Å². The topological polar surface area (TPSA) is 92.8 Å². The molecule has 1 aliphatic heterocycles. The van der Waals surface area contributed by atoms with E-state index in [0.717, 1.165) is 54.7 Å². The van der Waals surface area contributed by atoms with Crippen LogP contribution in [0.3, 0.4) is 0 Å². The molecule has 2 aliphatic rings. The summed E-state index contributed by atoms with van der Waals surface area (Å²) < 4.78 is 32.9. The molecule has 0 radical (unpaired) electrons. The Kier molecular flexibility index (Phi) is 5.35. The molecule has 2 heterocycles. The number of anilines is 2. The number of methoxy groups -OCH3 is 1. The molecule has 1 fully saturated rings. The Balaban J connectivity index is 1.60. The first-order valence-electron chi connectivity index (χ1n) is 9.53. The molecule has 1 amide bonds. The lowest BCUT2D eigenvalue weighted by Crippen LogP contribution is -2.33. The van der Waals surface area contributed by atoms with Gasteiger partial charge in [-0.1, -0.05) is 18.9 Å². The SMILES string of the molecule is COC(=O)c1sccc1S(=O)(=O)Nc1ccc2c(c1)N(C(=O)C1CCCC1)CC2. The summed E-state index contributed by atoms with van der Waals surface area (Å²) in [6, 6.07) is 6.62. The highest BCUT2D eigenvalue weighted by Gasteiger charge is 2.32. The highest BCUT2D eigenvalue weighted by molar-refractivity contribution is 7.93. The largest absolute Gasteiger partial charge is 0.465 e. The van der Waals surface area contributed by atoms with Gasteiger partial charge in [0.2, 0.25) is 5.91 Å². The van der Waals surface area contributed by atoms with E-state index in [2.05, 4.69) is 9.46 Å². The number of nitrogens with one attached hydrogen (secondary N) is 1. The van der Waals surface area contributed by atoms with Gasteiger partial charge in [-0.15, -0.1) is 11.3 Å². The van der Waals surface area contributed by atoms with Crippen molar-refractivity contribution < 1.29 is 22.7 Å². The van der Waals surface area contributed by atoms with E-state index < -0.39 is 16.0 Å². The molecule has 0 unspecified atom stereocenters. The molecule has 7 nitrogen and oxygen atoms in total. The molecule has 1 aromatic heterocycles. The van der Waals surface area contributed by atoms with Gasteiger partial charge in [-0.05, 0) is 48.4 Å². The molecule has 0 atom stereocenters. The van der Waals surface area contributed by atoms with Gasteiger partial charge in [0.25, 0.3) is 10.0 Å². The van der Waals surface area contributed by atoms with Crippen LogP contribution >= 0.6 is 11.3 Å². The Hall–Kier alpha value is -2.39. The Morgan fingerprint density at radius 1 is 1.21 bits per heavy atom. The van der Waals surface area contributed by atoms with E-state index >= 15 is 0 Å². The van der Waals surface area contributed by atoms with Crippen molar-refractivity contribution in [3.05, 3.63) is 40.1 Å². The third kappa shape index (κ3) is 3.76. The second kappa shape index (κ2) is 7.79. The minimum absolute atomic E-state index is 0.0270. The van der Waals surface area contributed by atoms with Crippen molar-refractivity contribution in [1.29, 1.82) is 0 Å². The molecule has 1 aromatic carbocycles. The maximum atomic E-state index is 12.9. The van der Waals surface area contributed by atoms with Crippen molar-refractivity contribution >= 4 is 44.6 Å². The lowest BCUT2D eigenvalue weighted by Gasteiger charge is -2.21. The molecule has 4 rings (SSSR count). The zero-order chi connectivity index (χ0) is 20.6. The van der Waals surface area contributed by atoms with E-state index in [0.29, 0.717) is 12.2 Å². The fourth-order valence-electron chi connectivity index (χ4n) is 4.03. The lowest BCUT2D eigenvalue weighted by atomic mass is 10.1. The second-order valence-electron chi connectivity index (χ2n) is 7.28. The van der Waals surface area contributed by atoms with Crippen LogP contribution in [-0.2, 0) is 26.0 Å². The zero-order valence-electron chi connectivity index (χ0n) is 16.0. The monoisotopic (exact) mass is 434 g/mol. The number of benzene rings is 1. The number of amides is 1. The minimum Gasteiger partial charge on any atom is -0.465 e. The number of esters is 1. The Labute approximate surface area is 173 Å². The van der Waals surface area contributed by atoms with Crippen molar-refractivity contribution in [3.8, 4) is 0 Å². The Bertz CT molecular complexity index is 1050. The minimum atomic E-state index is -3.97. The number of ether oxygens (including phenoxy) is 1. The summed E-state index contributed by atoms with van der Waals surface area (Å²) in [5, 5.41) is 1.53. The standard InChI is InChI=1S/C20H22N2O5S2/c1-27-20(24)18-17(9-11-28-18)29(25,26)21-15-7-6-13-8-10-22(16(13)12-15)19(23)14-4-2-3-5-14/h6-7,9,11-12,14,21H,2-5,8,10H2,1H3. The quantitative estimate of drug-likeness (QED) is 0.728. The number of nitrogens with zero attached hydrogens (tertiary/aromatic N) is 1. The van der Waals surface area contributed by atoms with Crippen LogP contribution in [0, 0.1) is 5.92 Å². The van der Waals surface area contributed by atoms with Gasteiger partial charge < -0.3 is 9.64 Å². The summed E-state index contributed by atoms with van der Waals surface area (Å²) >= 11 is 1.01. The lowest BCUT2D eigenvalue weighted by molar-refractivity contribution is -0.122. The summed E-state index contributed by atoms with van der Waals surface area (Å²) in [5.41, 5.74) is 2.16. The van der Waals surface area contributed by atoms with E-state index in [9.17, 15) is 18.0 Å². The molecule has 9 heteroatoms. The summed E-state index contributed by atoms with van der Waals surface area (Å²) in [6.07, 6.45) is 4.77. The predicted molar refractivity (Wildman–Crippen MR) is 111 cm³/mol. The first-order valence-corrected chi connectivity index (χ1v) is 11.9. The smallest absolute Gasteiger partial charge is 0.349 e. The summed E-state index contributed by atoms with van der Waals surface area (Å²) in [6.45, 7) is 0.623. The van der Waals surface area contributed by atoms with Crippen LogP contribution in [0.1, 0.15) is 40.9 Å². The fourth-order valence-corrected chi connectivity index (χ4v) is 6.41. The number of hydrogen-bond acceptors (Lipinski definition) is 6. The van der Waals surface area contributed by atoms with Crippen LogP contribution in [0.2, 0.25) is 0 Å². The van der Waals surface area contributed by atoms with Crippen molar-refractivity contribution in [2.24, 2.45) is 5.92 Å². The van der Waals surface area contributed by atoms with Gasteiger partial charge in [0, 0.05) is 18.2 Å². The zero-order valence-corrected chi connectivity index (χ0v) is 17.6. The van der Waals surface area contributed by atoms with Gasteiger partial charge in [-0.3, -0.25) is 9.52 Å². The molecule has 0 spiro atoms. The third-order valence-electron chi connectivity index (χ3n) is 5.49. The summed E-state index contributed by atoms with van der Waals surface area (Å²) in [7, 11) is -2.76. The molecule has 29 heavy (non-hydrogen) atoms. The molecular weight excluding hydrogens is 412 g/mol. The molecular formula is C20H22N2O5S2. The van der Waals surface area contributed by atoms with Crippen LogP contribution in [0.15, 0.2) is 34.5 Å². The van der Waals surface area contributed by atoms with Crippen LogP contribution in [-0.4, -0.2) is 33.9 Å². The van der Waals surface area contributed by atoms with Crippen LogP contribution in [0.25, 0.3) is 0 Å². The Morgan fingerprint density at radius 3 is 2.69 bits per heavy atom. The molecule has 1 aliphatic carbocycles. The van der Waals surface area contributed by atoms with Gasteiger partial charge in [0.05, 0.1) is 12.8 Å². The van der Waals surface area contributed by atoms with E-state index in [1.54, 1.807) is 17.0 Å². The molecule has 154 valence electrons. The molecule has 0 saturated heterocycles. The first kappa shape index (κ1) is 19.9. The normalized spacial score (nSPS) is 16.7.